The van der Waals surface area contributed by atoms with Gasteiger partial charge in [0.05, 0.1) is 26.2 Å². The molecule has 0 bridgehead atoms. The molecule has 1 unspecified atom stereocenters. The summed E-state index contributed by atoms with van der Waals surface area (Å²) in [7, 11) is 1.41. The Morgan fingerprint density at radius 2 is 2.09 bits per heavy atom. The number of rotatable bonds is 7. The molecule has 1 atom stereocenters. The molecule has 1 aromatic rings. The third-order valence-electron chi connectivity index (χ3n) is 3.51. The van der Waals surface area contributed by atoms with E-state index >= 15 is 0 Å². The Bertz CT molecular complexity index is 484. The normalized spacial score (nSPS) is 20.0. The predicted molar refractivity (Wildman–Crippen MR) is 87.0 cm³/mol. The Hall–Kier alpha value is -1.04. The molecule has 0 aliphatic carbocycles. The average molecular weight is 324 g/mol. The highest BCUT2D eigenvalue weighted by Gasteiger charge is 2.31. The summed E-state index contributed by atoms with van der Waals surface area (Å²) in [6, 6.07) is 8.08. The zero-order valence-corrected chi connectivity index (χ0v) is 14.3. The summed E-state index contributed by atoms with van der Waals surface area (Å²) < 4.78 is 16.0. The summed E-state index contributed by atoms with van der Waals surface area (Å²) in [5.41, 5.74) is 0.981. The van der Waals surface area contributed by atoms with E-state index in [9.17, 15) is 4.79 Å². The van der Waals surface area contributed by atoms with Crippen LogP contribution in [0.1, 0.15) is 32.3 Å². The Kier molecular flexibility index (Phi) is 6.29. The number of benzene rings is 1. The number of carbonyl (C=O) groups excluding carboxylic acids is 1. The highest BCUT2D eigenvalue weighted by atomic mass is 32.2. The molecule has 1 saturated heterocycles. The summed E-state index contributed by atoms with van der Waals surface area (Å²) >= 11 is 1.82. The fourth-order valence-corrected chi connectivity index (χ4v) is 3.22. The van der Waals surface area contributed by atoms with Gasteiger partial charge in [-0.25, -0.2) is 0 Å². The molecule has 0 radical (unpaired) electrons. The Morgan fingerprint density at radius 1 is 1.36 bits per heavy atom. The van der Waals surface area contributed by atoms with E-state index in [1.165, 1.54) is 12.0 Å². The van der Waals surface area contributed by atoms with Crippen molar-refractivity contribution < 1.29 is 19.0 Å². The van der Waals surface area contributed by atoms with Gasteiger partial charge in [-0.2, -0.15) is 0 Å². The average Bonchev–Trinajstić information content (AvgIpc) is 2.84. The molecule has 1 aliphatic heterocycles. The first-order chi connectivity index (χ1) is 10.5. The molecule has 0 amide bonds. The van der Waals surface area contributed by atoms with Crippen LogP contribution < -0.4 is 0 Å². The lowest BCUT2D eigenvalue weighted by molar-refractivity contribution is -0.140. The van der Waals surface area contributed by atoms with Crippen molar-refractivity contribution in [2.75, 3.05) is 19.5 Å². The lowest BCUT2D eigenvalue weighted by atomic mass is 10.2. The topological polar surface area (TPSA) is 44.8 Å². The number of esters is 1. The third kappa shape index (κ3) is 5.63. The minimum atomic E-state index is -0.423. The van der Waals surface area contributed by atoms with Crippen molar-refractivity contribution in [3.63, 3.8) is 0 Å². The molecule has 4 nitrogen and oxygen atoms in total. The first-order valence-corrected chi connectivity index (χ1v) is 8.57. The quantitative estimate of drug-likeness (QED) is 0.437. The smallest absolute Gasteiger partial charge is 0.309 e. The van der Waals surface area contributed by atoms with Gasteiger partial charge < -0.3 is 14.2 Å². The van der Waals surface area contributed by atoms with Gasteiger partial charge in [-0.3, -0.25) is 4.79 Å². The molecule has 1 heterocycles. The van der Waals surface area contributed by atoms with E-state index in [2.05, 4.69) is 16.9 Å². The van der Waals surface area contributed by atoms with E-state index in [0.29, 0.717) is 13.0 Å². The standard InChI is InChI=1S/C17H24O4S/c1-17(2)20-12-14(21-17)5-4-10-22-15-8-6-13(7-9-15)11-16(18)19-3/h6-9,14H,4-5,10-12H2,1-3H3. The second kappa shape index (κ2) is 7.99. The first-order valence-electron chi connectivity index (χ1n) is 7.59. The number of hydrogen-bond acceptors (Lipinski definition) is 5. The van der Waals surface area contributed by atoms with Crippen molar-refractivity contribution in [3.8, 4) is 0 Å². The number of carbonyl (C=O) groups is 1. The molecule has 22 heavy (non-hydrogen) atoms. The highest BCUT2D eigenvalue weighted by Crippen LogP contribution is 2.26. The fraction of sp³-hybridized carbons (Fsp3) is 0.588. The van der Waals surface area contributed by atoms with E-state index in [1.807, 2.05) is 37.7 Å². The van der Waals surface area contributed by atoms with Crippen molar-refractivity contribution in [3.05, 3.63) is 29.8 Å². The molecule has 1 aliphatic rings. The van der Waals surface area contributed by atoms with E-state index in [1.54, 1.807) is 0 Å². The van der Waals surface area contributed by atoms with Gasteiger partial charge in [0.15, 0.2) is 5.79 Å². The summed E-state index contributed by atoms with van der Waals surface area (Å²) in [6.07, 6.45) is 2.67. The summed E-state index contributed by atoms with van der Waals surface area (Å²) in [5, 5.41) is 0. The van der Waals surface area contributed by atoms with Crippen LogP contribution in [-0.4, -0.2) is 37.3 Å². The Morgan fingerprint density at radius 3 is 2.68 bits per heavy atom. The van der Waals surface area contributed by atoms with Gasteiger partial charge in [0, 0.05) is 4.90 Å². The SMILES string of the molecule is COC(=O)Cc1ccc(SCCCC2COC(C)(C)O2)cc1. The zero-order chi connectivity index (χ0) is 16.0. The molecular formula is C17H24O4S. The predicted octanol–water partition coefficient (Wildman–Crippen LogP) is 3.43. The van der Waals surface area contributed by atoms with Crippen LogP contribution in [0.15, 0.2) is 29.2 Å². The lowest BCUT2D eigenvalue weighted by Gasteiger charge is -2.16. The minimum absolute atomic E-state index is 0.206. The number of thioether (sulfide) groups is 1. The number of hydrogen-bond donors (Lipinski definition) is 0. The van der Waals surface area contributed by atoms with Crippen LogP contribution in [-0.2, 0) is 25.4 Å². The minimum Gasteiger partial charge on any atom is -0.469 e. The number of ether oxygens (including phenoxy) is 3. The van der Waals surface area contributed by atoms with Crippen LogP contribution >= 0.6 is 11.8 Å². The molecule has 0 spiro atoms. The monoisotopic (exact) mass is 324 g/mol. The molecule has 0 aromatic heterocycles. The van der Waals surface area contributed by atoms with Crippen molar-refractivity contribution in [1.82, 2.24) is 0 Å². The lowest BCUT2D eigenvalue weighted by Crippen LogP contribution is -2.21. The third-order valence-corrected chi connectivity index (χ3v) is 4.60. The highest BCUT2D eigenvalue weighted by molar-refractivity contribution is 7.99. The maximum absolute atomic E-state index is 11.2. The van der Waals surface area contributed by atoms with Gasteiger partial charge in [-0.15, -0.1) is 11.8 Å². The Labute approximate surface area is 136 Å². The van der Waals surface area contributed by atoms with Gasteiger partial charge >= 0.3 is 5.97 Å². The second-order valence-electron chi connectivity index (χ2n) is 5.84. The summed E-state index contributed by atoms with van der Waals surface area (Å²) in [4.78, 5) is 12.4. The maximum Gasteiger partial charge on any atom is 0.309 e. The Balaban J connectivity index is 1.66. The van der Waals surface area contributed by atoms with E-state index in [0.717, 1.165) is 24.2 Å². The number of methoxy groups -OCH3 is 1. The van der Waals surface area contributed by atoms with Crippen molar-refractivity contribution >= 4 is 17.7 Å². The van der Waals surface area contributed by atoms with Crippen LogP contribution in [0, 0.1) is 0 Å². The van der Waals surface area contributed by atoms with Gasteiger partial charge in [-0.1, -0.05) is 12.1 Å². The largest absolute Gasteiger partial charge is 0.469 e. The van der Waals surface area contributed by atoms with E-state index in [-0.39, 0.29) is 12.1 Å². The van der Waals surface area contributed by atoms with E-state index < -0.39 is 5.79 Å². The van der Waals surface area contributed by atoms with Crippen molar-refractivity contribution in [2.24, 2.45) is 0 Å². The van der Waals surface area contributed by atoms with Crippen LogP contribution in [0.4, 0.5) is 0 Å². The zero-order valence-electron chi connectivity index (χ0n) is 13.5. The molecule has 0 saturated carbocycles. The van der Waals surface area contributed by atoms with Crippen LogP contribution in [0.3, 0.4) is 0 Å². The maximum atomic E-state index is 11.2. The second-order valence-corrected chi connectivity index (χ2v) is 7.01. The van der Waals surface area contributed by atoms with Crippen LogP contribution in [0.5, 0.6) is 0 Å². The van der Waals surface area contributed by atoms with Gasteiger partial charge in [0.2, 0.25) is 0 Å². The summed E-state index contributed by atoms with van der Waals surface area (Å²) in [6.45, 7) is 4.61. The first kappa shape index (κ1) is 17.3. The van der Waals surface area contributed by atoms with Crippen LogP contribution in [0.2, 0.25) is 0 Å². The van der Waals surface area contributed by atoms with Crippen LogP contribution in [0.25, 0.3) is 0 Å². The molecule has 5 heteroatoms. The molecule has 1 aromatic carbocycles. The van der Waals surface area contributed by atoms with Gasteiger partial charge in [-0.05, 0) is 50.1 Å². The molecule has 2 rings (SSSR count). The van der Waals surface area contributed by atoms with E-state index in [4.69, 9.17) is 9.47 Å². The fourth-order valence-electron chi connectivity index (χ4n) is 2.35. The molecule has 1 fully saturated rings. The summed E-state index contributed by atoms with van der Waals surface area (Å²) in [5.74, 6) is 0.423. The van der Waals surface area contributed by atoms with Crippen molar-refractivity contribution in [1.29, 1.82) is 0 Å². The van der Waals surface area contributed by atoms with Crippen molar-refractivity contribution in [2.45, 2.75) is 49.9 Å². The molecular weight excluding hydrogens is 300 g/mol. The van der Waals surface area contributed by atoms with Gasteiger partial charge in [0.25, 0.3) is 0 Å². The molecule has 0 N–H and O–H groups in total. The van der Waals surface area contributed by atoms with Gasteiger partial charge in [0.1, 0.15) is 0 Å². The molecule has 122 valence electrons.